The lowest BCUT2D eigenvalue weighted by Crippen LogP contribution is -2.35. The summed E-state index contributed by atoms with van der Waals surface area (Å²) >= 11 is 5.26. The van der Waals surface area contributed by atoms with Gasteiger partial charge in [-0.1, -0.05) is 0 Å². The highest BCUT2D eigenvalue weighted by Gasteiger charge is 2.08. The van der Waals surface area contributed by atoms with Crippen molar-refractivity contribution >= 4 is 29.2 Å². The summed E-state index contributed by atoms with van der Waals surface area (Å²) in [5, 5.41) is 4.62. The van der Waals surface area contributed by atoms with E-state index in [0.29, 0.717) is 11.4 Å². The molecular weight excluding hydrogens is 244 g/mol. The van der Waals surface area contributed by atoms with E-state index < -0.39 is 11.9 Å². The van der Waals surface area contributed by atoms with Crippen molar-refractivity contribution in [3.05, 3.63) is 23.8 Å². The molecule has 0 saturated heterocycles. The van der Waals surface area contributed by atoms with Crippen LogP contribution in [0.4, 0.5) is 10.5 Å². The van der Waals surface area contributed by atoms with Crippen molar-refractivity contribution in [2.75, 3.05) is 18.3 Å². The molecule has 0 aliphatic heterocycles. The van der Waals surface area contributed by atoms with Gasteiger partial charge in [0.05, 0.1) is 7.11 Å². The van der Waals surface area contributed by atoms with Crippen LogP contribution in [0.5, 0.6) is 5.75 Å². The van der Waals surface area contributed by atoms with Crippen molar-refractivity contribution in [1.29, 1.82) is 0 Å². The number of alkyl halides is 1. The lowest BCUT2D eigenvalue weighted by Gasteiger charge is -2.09. The highest BCUT2D eigenvalue weighted by atomic mass is 35.5. The van der Waals surface area contributed by atoms with E-state index in [9.17, 15) is 9.59 Å². The Labute approximate surface area is 104 Å². The van der Waals surface area contributed by atoms with Crippen LogP contribution in [-0.2, 0) is 4.79 Å². The average molecular weight is 257 g/mol. The minimum atomic E-state index is -0.607. The van der Waals surface area contributed by atoms with E-state index in [1.807, 2.05) is 6.92 Å². The number of hydrogen-bond donors (Lipinski definition) is 2. The van der Waals surface area contributed by atoms with Crippen molar-refractivity contribution in [3.8, 4) is 5.75 Å². The Bertz CT molecular complexity index is 435. The van der Waals surface area contributed by atoms with Crippen molar-refractivity contribution in [3.63, 3.8) is 0 Å². The van der Waals surface area contributed by atoms with Gasteiger partial charge in [-0.25, -0.2) is 4.79 Å². The summed E-state index contributed by atoms with van der Waals surface area (Å²) in [6.45, 7) is 1.82. The molecule has 0 unspecified atom stereocenters. The Morgan fingerprint density at radius 2 is 2.12 bits per heavy atom. The number of methoxy groups -OCH3 is 1. The van der Waals surface area contributed by atoms with Gasteiger partial charge in [0, 0.05) is 5.69 Å². The van der Waals surface area contributed by atoms with Crippen molar-refractivity contribution in [2.45, 2.75) is 6.92 Å². The molecular formula is C11H13ClN2O3. The summed E-state index contributed by atoms with van der Waals surface area (Å²) < 4.78 is 5.04. The number of benzene rings is 1. The number of urea groups is 1. The second-order valence-electron chi connectivity index (χ2n) is 3.32. The van der Waals surface area contributed by atoms with Crippen molar-refractivity contribution in [1.82, 2.24) is 5.32 Å². The van der Waals surface area contributed by atoms with E-state index in [1.54, 1.807) is 25.3 Å². The number of rotatable bonds is 3. The minimum absolute atomic E-state index is 0.255. The van der Waals surface area contributed by atoms with Gasteiger partial charge < -0.3 is 10.1 Å². The fourth-order valence-electron chi connectivity index (χ4n) is 1.22. The molecule has 0 aromatic heterocycles. The first-order valence-corrected chi connectivity index (χ1v) is 5.41. The van der Waals surface area contributed by atoms with E-state index in [1.165, 1.54) is 0 Å². The minimum Gasteiger partial charge on any atom is -0.497 e. The number of ether oxygens (including phenoxy) is 1. The zero-order valence-electron chi connectivity index (χ0n) is 9.54. The molecule has 1 aromatic rings. The predicted molar refractivity (Wildman–Crippen MR) is 65.6 cm³/mol. The Morgan fingerprint density at radius 3 is 2.65 bits per heavy atom. The zero-order valence-corrected chi connectivity index (χ0v) is 10.3. The maximum Gasteiger partial charge on any atom is 0.325 e. The molecule has 0 saturated carbocycles. The molecule has 0 aliphatic carbocycles. The maximum atomic E-state index is 11.4. The molecule has 0 atom stereocenters. The maximum absolute atomic E-state index is 11.4. The van der Waals surface area contributed by atoms with Crippen LogP contribution in [0.15, 0.2) is 18.2 Å². The van der Waals surface area contributed by atoms with Crippen LogP contribution < -0.4 is 15.4 Å². The SMILES string of the molecule is COc1ccc(NC(=O)NC(=O)CCl)c(C)c1. The highest BCUT2D eigenvalue weighted by molar-refractivity contribution is 6.28. The molecule has 0 bridgehead atoms. The highest BCUT2D eigenvalue weighted by Crippen LogP contribution is 2.20. The first-order valence-electron chi connectivity index (χ1n) is 4.88. The van der Waals surface area contributed by atoms with Gasteiger partial charge in [-0.2, -0.15) is 0 Å². The summed E-state index contributed by atoms with van der Waals surface area (Å²) in [6, 6.07) is 4.58. The lowest BCUT2D eigenvalue weighted by atomic mass is 10.2. The molecule has 2 N–H and O–H groups in total. The van der Waals surface area contributed by atoms with Crippen LogP contribution in [0.1, 0.15) is 5.56 Å². The normalized spacial score (nSPS) is 9.59. The predicted octanol–water partition coefficient (Wildman–Crippen LogP) is 1.89. The molecule has 3 amide bonds. The van der Waals surface area contributed by atoms with E-state index in [2.05, 4.69) is 10.6 Å². The summed E-state index contributed by atoms with van der Waals surface area (Å²) in [5.41, 5.74) is 1.43. The van der Waals surface area contributed by atoms with Crippen molar-refractivity contribution in [2.24, 2.45) is 0 Å². The molecule has 0 spiro atoms. The third kappa shape index (κ3) is 3.96. The molecule has 0 heterocycles. The lowest BCUT2D eigenvalue weighted by molar-refractivity contribution is -0.117. The quantitative estimate of drug-likeness (QED) is 0.812. The molecule has 0 fully saturated rings. The zero-order chi connectivity index (χ0) is 12.8. The van der Waals surface area contributed by atoms with Gasteiger partial charge in [0.1, 0.15) is 11.6 Å². The molecule has 17 heavy (non-hydrogen) atoms. The van der Waals surface area contributed by atoms with Gasteiger partial charge in [0.15, 0.2) is 0 Å². The second kappa shape index (κ2) is 6.10. The van der Waals surface area contributed by atoms with E-state index in [4.69, 9.17) is 16.3 Å². The van der Waals surface area contributed by atoms with Gasteiger partial charge in [-0.05, 0) is 30.7 Å². The standard InChI is InChI=1S/C11H13ClN2O3/c1-7-5-8(17-2)3-4-9(7)13-11(16)14-10(15)6-12/h3-5H,6H2,1-2H3,(H2,13,14,15,16). The van der Waals surface area contributed by atoms with Gasteiger partial charge in [0.2, 0.25) is 5.91 Å². The van der Waals surface area contributed by atoms with Crippen LogP contribution in [0, 0.1) is 6.92 Å². The Balaban J connectivity index is 2.68. The first kappa shape index (κ1) is 13.3. The van der Waals surface area contributed by atoms with Crippen LogP contribution in [0.3, 0.4) is 0 Å². The fourth-order valence-corrected chi connectivity index (χ4v) is 1.28. The molecule has 0 aliphatic rings. The van der Waals surface area contributed by atoms with E-state index in [0.717, 1.165) is 5.56 Å². The van der Waals surface area contributed by atoms with Gasteiger partial charge >= 0.3 is 6.03 Å². The Kier molecular flexibility index (Phi) is 4.78. The first-order chi connectivity index (χ1) is 8.06. The third-order valence-corrected chi connectivity index (χ3v) is 2.30. The summed E-state index contributed by atoms with van der Waals surface area (Å²) in [5.74, 6) is -0.102. The summed E-state index contributed by atoms with van der Waals surface area (Å²) in [6.07, 6.45) is 0. The molecule has 1 aromatic carbocycles. The number of imide groups is 1. The van der Waals surface area contributed by atoms with Gasteiger partial charge in [0.25, 0.3) is 0 Å². The number of hydrogen-bond acceptors (Lipinski definition) is 3. The molecule has 6 heteroatoms. The monoisotopic (exact) mass is 256 g/mol. The summed E-state index contributed by atoms with van der Waals surface area (Å²) in [7, 11) is 1.56. The van der Waals surface area contributed by atoms with Crippen LogP contribution in [0.2, 0.25) is 0 Å². The number of halogens is 1. The summed E-state index contributed by atoms with van der Waals surface area (Å²) in [4.78, 5) is 22.2. The molecule has 1 rings (SSSR count). The van der Waals surface area contributed by atoms with E-state index in [-0.39, 0.29) is 5.88 Å². The smallest absolute Gasteiger partial charge is 0.325 e. The van der Waals surface area contributed by atoms with Gasteiger partial charge in [-0.15, -0.1) is 11.6 Å². The Hall–Kier alpha value is -1.75. The number of carbonyl (C=O) groups excluding carboxylic acids is 2. The molecule has 5 nitrogen and oxygen atoms in total. The second-order valence-corrected chi connectivity index (χ2v) is 3.58. The number of aryl methyl sites for hydroxylation is 1. The van der Waals surface area contributed by atoms with Crippen LogP contribution >= 0.6 is 11.6 Å². The largest absolute Gasteiger partial charge is 0.497 e. The average Bonchev–Trinajstić information content (AvgIpc) is 2.31. The van der Waals surface area contributed by atoms with Crippen LogP contribution in [0.25, 0.3) is 0 Å². The number of nitrogens with one attached hydrogen (secondary N) is 2. The third-order valence-electron chi connectivity index (χ3n) is 2.06. The topological polar surface area (TPSA) is 67.4 Å². The number of carbonyl (C=O) groups is 2. The number of amides is 3. The molecule has 0 radical (unpaired) electrons. The Morgan fingerprint density at radius 1 is 1.41 bits per heavy atom. The van der Waals surface area contributed by atoms with Gasteiger partial charge in [-0.3, -0.25) is 10.1 Å². The van der Waals surface area contributed by atoms with Crippen molar-refractivity contribution < 1.29 is 14.3 Å². The van der Waals surface area contributed by atoms with E-state index >= 15 is 0 Å². The molecule has 92 valence electrons. The fraction of sp³-hybridized carbons (Fsp3) is 0.273. The number of anilines is 1. The van der Waals surface area contributed by atoms with Crippen LogP contribution in [-0.4, -0.2) is 24.9 Å².